The lowest BCUT2D eigenvalue weighted by Gasteiger charge is -2.20. The van der Waals surface area contributed by atoms with Gasteiger partial charge in [-0.15, -0.1) is 10.2 Å². The van der Waals surface area contributed by atoms with Gasteiger partial charge in [0.05, 0.1) is 19.8 Å². The van der Waals surface area contributed by atoms with E-state index >= 15 is 0 Å². The molecule has 6 heteroatoms. The van der Waals surface area contributed by atoms with Crippen molar-refractivity contribution in [2.45, 2.75) is 26.0 Å². The molecule has 1 aromatic rings. The fourth-order valence-electron chi connectivity index (χ4n) is 1.47. The van der Waals surface area contributed by atoms with Gasteiger partial charge in [-0.05, 0) is 13.0 Å². The van der Waals surface area contributed by atoms with Crippen molar-refractivity contribution < 1.29 is 9.47 Å². The quantitative estimate of drug-likeness (QED) is 0.786. The highest BCUT2D eigenvalue weighted by Gasteiger charge is 2.20. The largest absolute Gasteiger partial charge is 0.376 e. The van der Waals surface area contributed by atoms with E-state index in [0.29, 0.717) is 19.8 Å². The third-order valence-corrected chi connectivity index (χ3v) is 3.29. The zero-order chi connectivity index (χ0) is 11.2. The van der Waals surface area contributed by atoms with Gasteiger partial charge < -0.3 is 14.8 Å². The van der Waals surface area contributed by atoms with E-state index in [9.17, 15) is 0 Å². The maximum Gasteiger partial charge on any atom is 0.148 e. The molecule has 90 valence electrons. The molecule has 1 N–H and O–H groups in total. The number of rotatable bonds is 5. The number of hydrogen-bond donors (Lipinski definition) is 1. The van der Waals surface area contributed by atoms with Crippen LogP contribution in [0.15, 0.2) is 0 Å². The summed E-state index contributed by atoms with van der Waals surface area (Å²) in [7, 11) is 0. The molecule has 2 rings (SSSR count). The molecule has 1 aromatic heterocycles. The Labute approximate surface area is 99.2 Å². The smallest absolute Gasteiger partial charge is 0.148 e. The second-order valence-corrected chi connectivity index (χ2v) is 4.74. The van der Waals surface area contributed by atoms with E-state index in [1.54, 1.807) is 11.3 Å². The molecule has 1 atom stereocenters. The van der Waals surface area contributed by atoms with Crippen LogP contribution in [0, 0.1) is 0 Å². The Hall–Kier alpha value is -0.560. The van der Waals surface area contributed by atoms with E-state index in [0.717, 1.165) is 29.5 Å². The summed E-state index contributed by atoms with van der Waals surface area (Å²) in [6.45, 7) is 5.87. The molecule has 1 unspecified atom stereocenters. The van der Waals surface area contributed by atoms with E-state index in [1.165, 1.54) is 0 Å². The van der Waals surface area contributed by atoms with E-state index in [4.69, 9.17) is 9.47 Å². The lowest BCUT2D eigenvalue weighted by Crippen LogP contribution is -2.21. The Bertz CT molecular complexity index is 313. The summed E-state index contributed by atoms with van der Waals surface area (Å²) in [5, 5.41) is 13.5. The zero-order valence-electron chi connectivity index (χ0n) is 9.44. The first kappa shape index (κ1) is 11.9. The molecule has 0 bridgehead atoms. The summed E-state index contributed by atoms with van der Waals surface area (Å²) in [4.78, 5) is 0. The second-order valence-electron chi connectivity index (χ2n) is 3.65. The summed E-state index contributed by atoms with van der Waals surface area (Å²) in [6, 6.07) is 0. The van der Waals surface area contributed by atoms with Gasteiger partial charge in [0, 0.05) is 6.54 Å². The number of nitrogens with zero attached hydrogens (tertiary/aromatic N) is 2. The third-order valence-electron chi connectivity index (χ3n) is 2.28. The van der Waals surface area contributed by atoms with Crippen LogP contribution in [0.1, 0.15) is 29.5 Å². The maximum absolute atomic E-state index is 5.57. The third kappa shape index (κ3) is 3.21. The van der Waals surface area contributed by atoms with Crippen LogP contribution in [0.25, 0.3) is 0 Å². The molecule has 0 aromatic carbocycles. The minimum Gasteiger partial charge on any atom is -0.376 e. The highest BCUT2D eigenvalue weighted by Crippen LogP contribution is 2.23. The standard InChI is InChI=1S/C10H17N3O2S/c1-2-3-11-6-9-12-13-10(16-9)8-7-14-4-5-15-8/h8,11H,2-7H2,1H3. The number of hydrogen-bond acceptors (Lipinski definition) is 6. The lowest BCUT2D eigenvalue weighted by atomic mass is 10.4. The number of ether oxygens (including phenoxy) is 2. The van der Waals surface area contributed by atoms with Crippen molar-refractivity contribution in [3.05, 3.63) is 10.0 Å². The summed E-state index contributed by atoms with van der Waals surface area (Å²) >= 11 is 1.60. The van der Waals surface area contributed by atoms with E-state index in [2.05, 4.69) is 22.4 Å². The Morgan fingerprint density at radius 3 is 3.12 bits per heavy atom. The molecule has 1 aliphatic heterocycles. The van der Waals surface area contributed by atoms with Gasteiger partial charge in [-0.1, -0.05) is 18.3 Å². The molecule has 5 nitrogen and oxygen atoms in total. The molecular weight excluding hydrogens is 226 g/mol. The van der Waals surface area contributed by atoms with Crippen molar-refractivity contribution in [3.63, 3.8) is 0 Å². The van der Waals surface area contributed by atoms with Crippen LogP contribution >= 0.6 is 11.3 Å². The lowest BCUT2D eigenvalue weighted by molar-refractivity contribution is -0.0903. The molecule has 1 aliphatic rings. The van der Waals surface area contributed by atoms with E-state index < -0.39 is 0 Å². The SMILES string of the molecule is CCCNCc1nnc(C2COCCO2)s1. The summed E-state index contributed by atoms with van der Waals surface area (Å²) in [6.07, 6.45) is 1.11. The number of nitrogens with one attached hydrogen (secondary N) is 1. The first-order valence-corrected chi connectivity index (χ1v) is 6.44. The minimum atomic E-state index is -0.0221. The predicted octanol–water partition coefficient (Wildman–Crippen LogP) is 1.13. The predicted molar refractivity (Wildman–Crippen MR) is 61.4 cm³/mol. The first-order chi connectivity index (χ1) is 7.90. The van der Waals surface area contributed by atoms with Gasteiger partial charge >= 0.3 is 0 Å². The summed E-state index contributed by atoms with van der Waals surface area (Å²) in [5.74, 6) is 0. The number of aromatic nitrogens is 2. The van der Waals surface area contributed by atoms with Crippen LogP contribution in [0.3, 0.4) is 0 Å². The van der Waals surface area contributed by atoms with Gasteiger partial charge in [-0.25, -0.2) is 0 Å². The van der Waals surface area contributed by atoms with Crippen molar-refractivity contribution in [1.29, 1.82) is 0 Å². The average molecular weight is 243 g/mol. The Balaban J connectivity index is 1.85. The highest BCUT2D eigenvalue weighted by atomic mass is 32.1. The van der Waals surface area contributed by atoms with Gasteiger partial charge in [0.15, 0.2) is 0 Å². The average Bonchev–Trinajstić information content (AvgIpc) is 2.79. The van der Waals surface area contributed by atoms with Crippen molar-refractivity contribution in [2.75, 3.05) is 26.4 Å². The van der Waals surface area contributed by atoms with Gasteiger partial charge in [0.1, 0.15) is 16.1 Å². The molecular formula is C10H17N3O2S. The van der Waals surface area contributed by atoms with Crippen LogP contribution in [0.5, 0.6) is 0 Å². The molecule has 0 aliphatic carbocycles. The molecule has 0 saturated carbocycles. The van der Waals surface area contributed by atoms with Gasteiger partial charge in [0.2, 0.25) is 0 Å². The summed E-state index contributed by atoms with van der Waals surface area (Å²) in [5.41, 5.74) is 0. The molecule has 0 amide bonds. The van der Waals surface area contributed by atoms with Crippen LogP contribution in [0.4, 0.5) is 0 Å². The van der Waals surface area contributed by atoms with Crippen molar-refractivity contribution >= 4 is 11.3 Å². The topological polar surface area (TPSA) is 56.3 Å². The Morgan fingerprint density at radius 2 is 2.38 bits per heavy atom. The molecule has 0 radical (unpaired) electrons. The van der Waals surface area contributed by atoms with Gasteiger partial charge in [0.25, 0.3) is 0 Å². The van der Waals surface area contributed by atoms with Crippen LogP contribution < -0.4 is 5.32 Å². The Morgan fingerprint density at radius 1 is 1.44 bits per heavy atom. The summed E-state index contributed by atoms with van der Waals surface area (Å²) < 4.78 is 10.9. The molecule has 1 fully saturated rings. The molecule has 1 saturated heterocycles. The van der Waals surface area contributed by atoms with E-state index in [-0.39, 0.29) is 6.10 Å². The van der Waals surface area contributed by atoms with Crippen molar-refractivity contribution in [1.82, 2.24) is 15.5 Å². The van der Waals surface area contributed by atoms with Crippen LogP contribution in [0.2, 0.25) is 0 Å². The molecule has 2 heterocycles. The van der Waals surface area contributed by atoms with Crippen LogP contribution in [-0.4, -0.2) is 36.6 Å². The normalized spacial score (nSPS) is 21.2. The fraction of sp³-hybridized carbons (Fsp3) is 0.800. The van der Waals surface area contributed by atoms with Crippen molar-refractivity contribution in [2.24, 2.45) is 0 Å². The molecule has 16 heavy (non-hydrogen) atoms. The highest BCUT2D eigenvalue weighted by molar-refractivity contribution is 7.11. The second kappa shape index (κ2) is 6.24. The van der Waals surface area contributed by atoms with Gasteiger partial charge in [-0.2, -0.15) is 0 Å². The Kier molecular flexibility index (Phi) is 4.65. The zero-order valence-corrected chi connectivity index (χ0v) is 10.3. The van der Waals surface area contributed by atoms with E-state index in [1.807, 2.05) is 0 Å². The minimum absolute atomic E-state index is 0.0221. The van der Waals surface area contributed by atoms with Crippen LogP contribution in [-0.2, 0) is 16.0 Å². The maximum atomic E-state index is 5.57. The monoisotopic (exact) mass is 243 g/mol. The first-order valence-electron chi connectivity index (χ1n) is 5.62. The van der Waals surface area contributed by atoms with Crippen molar-refractivity contribution in [3.8, 4) is 0 Å². The van der Waals surface area contributed by atoms with Gasteiger partial charge in [-0.3, -0.25) is 0 Å². The fourth-order valence-corrected chi connectivity index (χ4v) is 2.32. The molecule has 0 spiro atoms.